The molecule has 0 aliphatic carbocycles. The predicted octanol–water partition coefficient (Wildman–Crippen LogP) is 2.75. The summed E-state index contributed by atoms with van der Waals surface area (Å²) in [7, 11) is 0. The molecular formula is C11H7ClN4. The normalized spacial score (nSPS) is 9.50. The molecule has 2 rings (SSSR count). The summed E-state index contributed by atoms with van der Waals surface area (Å²) >= 11 is 5.85. The number of hydrogen-bond acceptors (Lipinski definition) is 4. The number of nitrogens with one attached hydrogen (secondary N) is 1. The summed E-state index contributed by atoms with van der Waals surface area (Å²) in [5, 5.41) is 12.5. The van der Waals surface area contributed by atoms with Gasteiger partial charge in [-0.2, -0.15) is 5.26 Å². The molecule has 0 amide bonds. The molecule has 0 unspecified atom stereocenters. The number of nitriles is 1. The van der Waals surface area contributed by atoms with Gasteiger partial charge in [0.15, 0.2) is 0 Å². The van der Waals surface area contributed by atoms with E-state index in [0.29, 0.717) is 22.1 Å². The van der Waals surface area contributed by atoms with Crippen molar-refractivity contribution in [1.82, 2.24) is 9.97 Å². The van der Waals surface area contributed by atoms with Crippen molar-refractivity contribution >= 4 is 23.1 Å². The molecule has 1 heterocycles. The SMILES string of the molecule is N#Cc1ccc(Cl)cc1Nc1cnccn1. The van der Waals surface area contributed by atoms with Gasteiger partial charge in [-0.25, -0.2) is 4.98 Å². The minimum absolute atomic E-state index is 0.509. The van der Waals surface area contributed by atoms with Gasteiger partial charge in [0.2, 0.25) is 0 Å². The van der Waals surface area contributed by atoms with Gasteiger partial charge in [0.1, 0.15) is 11.9 Å². The van der Waals surface area contributed by atoms with Crippen molar-refractivity contribution in [3.8, 4) is 6.07 Å². The van der Waals surface area contributed by atoms with E-state index >= 15 is 0 Å². The Kier molecular flexibility index (Phi) is 2.99. The Morgan fingerprint density at radius 3 is 2.88 bits per heavy atom. The monoisotopic (exact) mass is 230 g/mol. The second-order valence-corrected chi connectivity index (χ2v) is 3.45. The smallest absolute Gasteiger partial charge is 0.148 e. The number of halogens is 1. The number of benzene rings is 1. The van der Waals surface area contributed by atoms with Crippen LogP contribution in [0.2, 0.25) is 5.02 Å². The minimum atomic E-state index is 0.509. The van der Waals surface area contributed by atoms with E-state index in [2.05, 4.69) is 21.4 Å². The van der Waals surface area contributed by atoms with Crippen molar-refractivity contribution in [1.29, 1.82) is 5.26 Å². The molecule has 0 aliphatic rings. The van der Waals surface area contributed by atoms with Crippen molar-refractivity contribution in [3.05, 3.63) is 47.4 Å². The zero-order chi connectivity index (χ0) is 11.4. The fourth-order valence-corrected chi connectivity index (χ4v) is 1.39. The van der Waals surface area contributed by atoms with E-state index in [1.54, 1.807) is 36.8 Å². The third-order valence-corrected chi connectivity index (χ3v) is 2.16. The van der Waals surface area contributed by atoms with Crippen LogP contribution in [-0.2, 0) is 0 Å². The minimum Gasteiger partial charge on any atom is -0.338 e. The molecule has 0 aliphatic heterocycles. The second kappa shape index (κ2) is 4.60. The highest BCUT2D eigenvalue weighted by atomic mass is 35.5. The highest BCUT2D eigenvalue weighted by Gasteiger charge is 2.03. The van der Waals surface area contributed by atoms with Crippen molar-refractivity contribution in [3.63, 3.8) is 0 Å². The first-order valence-corrected chi connectivity index (χ1v) is 4.90. The maximum Gasteiger partial charge on any atom is 0.148 e. The maximum absolute atomic E-state index is 8.92. The Morgan fingerprint density at radius 2 is 2.19 bits per heavy atom. The Bertz CT molecular complexity index is 533. The quantitative estimate of drug-likeness (QED) is 0.862. The lowest BCUT2D eigenvalue weighted by atomic mass is 10.2. The summed E-state index contributed by atoms with van der Waals surface area (Å²) in [5.74, 6) is 0.571. The third kappa shape index (κ3) is 2.27. The van der Waals surface area contributed by atoms with E-state index in [4.69, 9.17) is 16.9 Å². The van der Waals surface area contributed by atoms with Crippen LogP contribution in [-0.4, -0.2) is 9.97 Å². The van der Waals surface area contributed by atoms with Crippen molar-refractivity contribution < 1.29 is 0 Å². The van der Waals surface area contributed by atoms with Gasteiger partial charge in [-0.3, -0.25) is 4.98 Å². The Balaban J connectivity index is 2.35. The molecule has 78 valence electrons. The van der Waals surface area contributed by atoms with Gasteiger partial charge in [0.25, 0.3) is 0 Å². The highest BCUT2D eigenvalue weighted by Crippen LogP contribution is 2.22. The molecule has 0 bridgehead atoms. The van der Waals surface area contributed by atoms with Gasteiger partial charge < -0.3 is 5.32 Å². The van der Waals surface area contributed by atoms with Gasteiger partial charge in [-0.05, 0) is 18.2 Å². The first-order chi connectivity index (χ1) is 7.79. The Morgan fingerprint density at radius 1 is 1.31 bits per heavy atom. The van der Waals surface area contributed by atoms with Crippen LogP contribution in [0.3, 0.4) is 0 Å². The van der Waals surface area contributed by atoms with Crippen molar-refractivity contribution in [2.24, 2.45) is 0 Å². The van der Waals surface area contributed by atoms with Crippen molar-refractivity contribution in [2.75, 3.05) is 5.32 Å². The molecule has 2 aromatic rings. The third-order valence-electron chi connectivity index (χ3n) is 1.93. The van der Waals surface area contributed by atoms with Crippen LogP contribution in [0.1, 0.15) is 5.56 Å². The number of aromatic nitrogens is 2. The van der Waals surface area contributed by atoms with E-state index < -0.39 is 0 Å². The molecule has 0 atom stereocenters. The van der Waals surface area contributed by atoms with Crippen molar-refractivity contribution in [2.45, 2.75) is 0 Å². The topological polar surface area (TPSA) is 61.6 Å². The highest BCUT2D eigenvalue weighted by molar-refractivity contribution is 6.30. The van der Waals surface area contributed by atoms with E-state index in [1.165, 1.54) is 0 Å². The first kappa shape index (κ1) is 10.4. The van der Waals surface area contributed by atoms with Gasteiger partial charge in [0, 0.05) is 17.4 Å². The van der Waals surface area contributed by atoms with Gasteiger partial charge in [0.05, 0.1) is 17.4 Å². The Labute approximate surface area is 97.5 Å². The molecule has 0 saturated carbocycles. The number of rotatable bonds is 2. The van der Waals surface area contributed by atoms with Crippen LogP contribution < -0.4 is 5.32 Å². The maximum atomic E-state index is 8.92. The van der Waals surface area contributed by atoms with Gasteiger partial charge >= 0.3 is 0 Å². The number of hydrogen-bond donors (Lipinski definition) is 1. The lowest BCUT2D eigenvalue weighted by Gasteiger charge is -2.06. The molecule has 0 spiro atoms. The average Bonchev–Trinajstić information content (AvgIpc) is 2.31. The largest absolute Gasteiger partial charge is 0.338 e. The molecule has 0 saturated heterocycles. The summed E-state index contributed by atoms with van der Waals surface area (Å²) in [6.45, 7) is 0. The zero-order valence-corrected chi connectivity index (χ0v) is 8.94. The molecule has 0 fully saturated rings. The van der Waals surface area contributed by atoms with E-state index in [9.17, 15) is 0 Å². The molecule has 1 aromatic heterocycles. The fraction of sp³-hybridized carbons (Fsp3) is 0. The van der Waals surface area contributed by atoms with Gasteiger partial charge in [-0.1, -0.05) is 11.6 Å². The first-order valence-electron chi connectivity index (χ1n) is 4.52. The summed E-state index contributed by atoms with van der Waals surface area (Å²) in [6.07, 6.45) is 4.72. The van der Waals surface area contributed by atoms with E-state index in [0.717, 1.165) is 0 Å². The zero-order valence-electron chi connectivity index (χ0n) is 8.18. The Hall–Kier alpha value is -2.12. The van der Waals surface area contributed by atoms with Crippen LogP contribution in [0.25, 0.3) is 0 Å². The summed E-state index contributed by atoms with van der Waals surface area (Å²) in [5.41, 5.74) is 1.13. The summed E-state index contributed by atoms with van der Waals surface area (Å²) in [4.78, 5) is 7.97. The number of nitrogens with zero attached hydrogens (tertiary/aromatic N) is 3. The van der Waals surface area contributed by atoms with Crippen LogP contribution in [0.4, 0.5) is 11.5 Å². The lowest BCUT2D eigenvalue weighted by molar-refractivity contribution is 1.20. The summed E-state index contributed by atoms with van der Waals surface area (Å²) in [6, 6.07) is 7.07. The van der Waals surface area contributed by atoms with Gasteiger partial charge in [-0.15, -0.1) is 0 Å². The molecule has 1 N–H and O–H groups in total. The van der Waals surface area contributed by atoms with Crippen LogP contribution >= 0.6 is 11.6 Å². The predicted molar refractivity (Wildman–Crippen MR) is 61.5 cm³/mol. The van der Waals surface area contributed by atoms with E-state index in [1.807, 2.05) is 0 Å². The molecule has 4 nitrogen and oxygen atoms in total. The standard InChI is InChI=1S/C11H7ClN4/c12-9-2-1-8(6-13)10(5-9)16-11-7-14-3-4-15-11/h1-5,7H,(H,15,16). The fourth-order valence-electron chi connectivity index (χ4n) is 1.22. The molecule has 16 heavy (non-hydrogen) atoms. The van der Waals surface area contributed by atoms with Crippen LogP contribution in [0, 0.1) is 11.3 Å². The molecular weight excluding hydrogens is 224 g/mol. The molecule has 5 heteroatoms. The average molecular weight is 231 g/mol. The second-order valence-electron chi connectivity index (χ2n) is 3.02. The summed E-state index contributed by atoms with van der Waals surface area (Å²) < 4.78 is 0. The lowest BCUT2D eigenvalue weighted by Crippen LogP contribution is -1.96. The van der Waals surface area contributed by atoms with Crippen LogP contribution in [0.15, 0.2) is 36.8 Å². The molecule has 0 radical (unpaired) electrons. The molecule has 1 aromatic carbocycles. The van der Waals surface area contributed by atoms with E-state index in [-0.39, 0.29) is 0 Å². The van der Waals surface area contributed by atoms with Crippen LogP contribution in [0.5, 0.6) is 0 Å². The number of anilines is 2.